The molecule has 1 aliphatic heterocycles. The fourth-order valence-electron chi connectivity index (χ4n) is 3.59. The molecule has 11 heteroatoms. The molecule has 0 bridgehead atoms. The highest BCUT2D eigenvalue weighted by Crippen LogP contribution is 2.39. The minimum atomic E-state index is -3.74. The Morgan fingerprint density at radius 3 is 2.54 bits per heavy atom. The number of nitrogens with one attached hydrogen (secondary N) is 2. The van der Waals surface area contributed by atoms with Crippen LogP contribution in [0.1, 0.15) is 49.2 Å². The van der Waals surface area contributed by atoms with Crippen LogP contribution in [0.4, 0.5) is 11.4 Å². The third-order valence-electron chi connectivity index (χ3n) is 5.41. The number of benzene rings is 1. The normalized spacial score (nSPS) is 18.4. The zero-order valence-electron chi connectivity index (χ0n) is 15.5. The molecule has 0 amide bonds. The van der Waals surface area contributed by atoms with E-state index < -0.39 is 14.9 Å². The van der Waals surface area contributed by atoms with Crippen LogP contribution in [0.25, 0.3) is 0 Å². The van der Waals surface area contributed by atoms with E-state index in [2.05, 4.69) is 19.9 Å². The zero-order valence-corrected chi connectivity index (χ0v) is 16.3. The van der Waals surface area contributed by atoms with E-state index in [1.165, 1.54) is 19.2 Å². The molecule has 150 valence electrons. The third-order valence-corrected chi connectivity index (χ3v) is 6.82. The molecule has 2 heterocycles. The Hall–Kier alpha value is -2.53. The van der Waals surface area contributed by atoms with Crippen LogP contribution in [-0.2, 0) is 10.0 Å². The van der Waals surface area contributed by atoms with Crippen molar-refractivity contribution in [2.75, 3.05) is 25.0 Å². The Labute approximate surface area is 162 Å². The highest BCUT2D eigenvalue weighted by molar-refractivity contribution is 7.89. The first-order valence-electron chi connectivity index (χ1n) is 9.28. The predicted octanol–water partition coefficient (Wildman–Crippen LogP) is 1.88. The van der Waals surface area contributed by atoms with Crippen LogP contribution in [-0.4, -0.2) is 48.7 Å². The summed E-state index contributed by atoms with van der Waals surface area (Å²) in [7, 11) is -2.46. The van der Waals surface area contributed by atoms with Crippen molar-refractivity contribution in [1.29, 1.82) is 0 Å². The number of H-pyrrole nitrogens is 1. The van der Waals surface area contributed by atoms with Gasteiger partial charge in [-0.05, 0) is 44.9 Å². The molecule has 28 heavy (non-hydrogen) atoms. The lowest BCUT2D eigenvalue weighted by Crippen LogP contribution is -2.33. The lowest BCUT2D eigenvalue weighted by atomic mass is 9.95. The van der Waals surface area contributed by atoms with Crippen molar-refractivity contribution in [3.05, 3.63) is 40.0 Å². The van der Waals surface area contributed by atoms with E-state index >= 15 is 0 Å². The van der Waals surface area contributed by atoms with E-state index in [1.807, 2.05) is 4.90 Å². The highest BCUT2D eigenvalue weighted by atomic mass is 32.2. The number of hydrogen-bond donors (Lipinski definition) is 2. The Bertz CT molecular complexity index is 993. The molecule has 10 nitrogen and oxygen atoms in total. The number of aromatic amines is 1. The van der Waals surface area contributed by atoms with Gasteiger partial charge in [-0.3, -0.25) is 15.2 Å². The van der Waals surface area contributed by atoms with E-state index in [-0.39, 0.29) is 16.5 Å². The van der Waals surface area contributed by atoms with Gasteiger partial charge in [0.05, 0.1) is 9.82 Å². The van der Waals surface area contributed by atoms with Crippen LogP contribution < -0.4 is 9.62 Å². The van der Waals surface area contributed by atoms with Crippen molar-refractivity contribution in [2.45, 2.75) is 42.4 Å². The second-order valence-electron chi connectivity index (χ2n) is 7.23. The van der Waals surface area contributed by atoms with Gasteiger partial charge in [-0.15, -0.1) is 0 Å². The van der Waals surface area contributed by atoms with Gasteiger partial charge in [0.2, 0.25) is 10.0 Å². The number of nitrogens with zero attached hydrogens (tertiary/aromatic N) is 4. The van der Waals surface area contributed by atoms with E-state index in [0.717, 1.165) is 43.4 Å². The van der Waals surface area contributed by atoms with Gasteiger partial charge in [-0.25, -0.2) is 18.1 Å². The van der Waals surface area contributed by atoms with Gasteiger partial charge in [0, 0.05) is 31.0 Å². The lowest BCUT2D eigenvalue weighted by Gasteiger charge is -2.32. The van der Waals surface area contributed by atoms with Gasteiger partial charge in [-0.2, -0.15) is 5.10 Å². The SMILES string of the molecule is CNS(=O)(=O)c1ccc(N2CCC(c3nc(C4CC4)n[nH]3)CC2)c([N+](=O)[O-])c1. The smallest absolute Gasteiger partial charge is 0.293 e. The van der Waals surface area contributed by atoms with Crippen LogP contribution >= 0.6 is 0 Å². The van der Waals surface area contributed by atoms with Crippen molar-refractivity contribution in [3.63, 3.8) is 0 Å². The van der Waals surface area contributed by atoms with Crippen molar-refractivity contribution < 1.29 is 13.3 Å². The Balaban J connectivity index is 1.51. The average molecular weight is 406 g/mol. The van der Waals surface area contributed by atoms with Gasteiger partial charge in [-0.1, -0.05) is 0 Å². The molecule has 2 N–H and O–H groups in total. The molecule has 0 spiro atoms. The van der Waals surface area contributed by atoms with Gasteiger partial charge in [0.25, 0.3) is 5.69 Å². The van der Waals surface area contributed by atoms with Crippen LogP contribution in [0.3, 0.4) is 0 Å². The first-order chi connectivity index (χ1) is 13.4. The van der Waals surface area contributed by atoms with E-state index in [1.54, 1.807) is 0 Å². The number of piperidine rings is 1. The molecule has 1 aromatic carbocycles. The number of nitro benzene ring substituents is 1. The molecular weight excluding hydrogens is 384 g/mol. The molecule has 1 aliphatic carbocycles. The number of anilines is 1. The molecule has 2 aliphatic rings. The van der Waals surface area contributed by atoms with Gasteiger partial charge >= 0.3 is 0 Å². The summed E-state index contributed by atoms with van der Waals surface area (Å²) in [5, 5.41) is 18.9. The van der Waals surface area contributed by atoms with Gasteiger partial charge in [0.1, 0.15) is 11.5 Å². The van der Waals surface area contributed by atoms with Crippen molar-refractivity contribution in [2.24, 2.45) is 0 Å². The summed E-state index contributed by atoms with van der Waals surface area (Å²) in [5.41, 5.74) is 0.236. The number of rotatable bonds is 6. The summed E-state index contributed by atoms with van der Waals surface area (Å²) >= 11 is 0. The molecule has 0 atom stereocenters. The topological polar surface area (TPSA) is 134 Å². The Morgan fingerprint density at radius 1 is 1.21 bits per heavy atom. The molecule has 1 aromatic heterocycles. The molecule has 1 saturated heterocycles. The number of hydrogen-bond acceptors (Lipinski definition) is 7. The molecule has 2 aromatic rings. The Morgan fingerprint density at radius 2 is 1.93 bits per heavy atom. The van der Waals surface area contributed by atoms with E-state index in [4.69, 9.17) is 0 Å². The van der Waals surface area contributed by atoms with Gasteiger partial charge < -0.3 is 4.90 Å². The van der Waals surface area contributed by atoms with Crippen molar-refractivity contribution in [1.82, 2.24) is 19.9 Å². The summed E-state index contributed by atoms with van der Waals surface area (Å²) in [6.45, 7) is 1.26. The first kappa shape index (κ1) is 18.8. The summed E-state index contributed by atoms with van der Waals surface area (Å²) in [6.07, 6.45) is 3.90. The Kier molecular flexibility index (Phi) is 4.79. The molecule has 0 unspecified atom stereocenters. The van der Waals surface area contributed by atoms with Crippen molar-refractivity contribution in [3.8, 4) is 0 Å². The largest absolute Gasteiger partial charge is 0.366 e. The van der Waals surface area contributed by atoms with Crippen LogP contribution in [0.15, 0.2) is 23.1 Å². The first-order valence-corrected chi connectivity index (χ1v) is 10.8. The lowest BCUT2D eigenvalue weighted by molar-refractivity contribution is -0.384. The van der Waals surface area contributed by atoms with Crippen molar-refractivity contribution >= 4 is 21.4 Å². The van der Waals surface area contributed by atoms with Crippen LogP contribution in [0.5, 0.6) is 0 Å². The zero-order chi connectivity index (χ0) is 19.9. The molecule has 1 saturated carbocycles. The van der Waals surface area contributed by atoms with Crippen LogP contribution in [0.2, 0.25) is 0 Å². The third kappa shape index (κ3) is 3.59. The summed E-state index contributed by atoms with van der Waals surface area (Å²) in [4.78, 5) is 17.4. The maximum atomic E-state index is 12.0. The highest BCUT2D eigenvalue weighted by Gasteiger charge is 2.31. The van der Waals surface area contributed by atoms with E-state index in [9.17, 15) is 18.5 Å². The standard InChI is InChI=1S/C17H22N6O4S/c1-18-28(26,27)13-4-5-14(15(10-13)23(24)25)22-8-6-12(7-9-22)17-19-16(20-21-17)11-2-3-11/h4-5,10-12,18H,2-3,6-9H2,1H3,(H,19,20,21). The minimum absolute atomic E-state index is 0.116. The average Bonchev–Trinajstić information content (AvgIpc) is 3.44. The molecular formula is C17H22N6O4S. The summed E-state index contributed by atoms with van der Waals surface area (Å²) in [6, 6.07) is 4.03. The quantitative estimate of drug-likeness (QED) is 0.552. The fraction of sp³-hybridized carbons (Fsp3) is 0.529. The maximum absolute atomic E-state index is 12.0. The summed E-state index contributed by atoms with van der Waals surface area (Å²) in [5.74, 6) is 2.54. The summed E-state index contributed by atoms with van der Waals surface area (Å²) < 4.78 is 26.1. The van der Waals surface area contributed by atoms with Crippen LogP contribution in [0, 0.1) is 10.1 Å². The number of aromatic nitrogens is 3. The second kappa shape index (κ2) is 7.13. The molecule has 2 fully saturated rings. The van der Waals surface area contributed by atoms with E-state index in [0.29, 0.717) is 24.7 Å². The second-order valence-corrected chi connectivity index (χ2v) is 9.12. The minimum Gasteiger partial charge on any atom is -0.366 e. The fourth-order valence-corrected chi connectivity index (χ4v) is 4.34. The monoisotopic (exact) mass is 406 g/mol. The number of sulfonamides is 1. The molecule has 4 rings (SSSR count). The number of nitro groups is 1. The maximum Gasteiger partial charge on any atom is 0.293 e. The van der Waals surface area contributed by atoms with Gasteiger partial charge in [0.15, 0.2) is 5.82 Å². The predicted molar refractivity (Wildman–Crippen MR) is 102 cm³/mol. The molecule has 0 radical (unpaired) electrons.